The highest BCUT2D eigenvalue weighted by Crippen LogP contribution is 2.42. The molecule has 0 aromatic heterocycles. The molecule has 0 aliphatic carbocycles. The summed E-state index contributed by atoms with van der Waals surface area (Å²) in [6.07, 6.45) is 0. The molecule has 1 rings (SSSR count). The number of hydrogen-bond acceptors (Lipinski definition) is 0. The van der Waals surface area contributed by atoms with Crippen molar-refractivity contribution in [1.29, 1.82) is 0 Å². The van der Waals surface area contributed by atoms with Crippen molar-refractivity contribution in [2.45, 2.75) is 13.1 Å². The average Bonchev–Trinajstić information content (AvgIpc) is 2.25. The standard InChI is InChI=1S/C14H22Cl4N2/c1-19(2,3)7-9-11(15)13(17)10(8-20(4,5)6)14(18)12(9)16/h7-8H2,1-6H3/q+2. The molecule has 0 spiro atoms. The lowest BCUT2D eigenvalue weighted by Crippen LogP contribution is -2.34. The number of rotatable bonds is 4. The maximum Gasteiger partial charge on any atom is 0.107 e. The normalized spacial score (nSPS) is 12.9. The van der Waals surface area contributed by atoms with Crippen LogP contribution in [0.4, 0.5) is 0 Å². The van der Waals surface area contributed by atoms with Gasteiger partial charge in [-0.25, -0.2) is 0 Å². The Morgan fingerprint density at radius 2 is 0.750 bits per heavy atom. The van der Waals surface area contributed by atoms with Crippen LogP contribution in [0.2, 0.25) is 20.1 Å². The lowest BCUT2D eigenvalue weighted by molar-refractivity contribution is -0.884. The zero-order chi connectivity index (χ0) is 15.9. The van der Waals surface area contributed by atoms with Crippen LogP contribution in [0.5, 0.6) is 0 Å². The summed E-state index contributed by atoms with van der Waals surface area (Å²) in [5.41, 5.74) is 1.61. The molecule has 1 aromatic rings. The fourth-order valence-corrected chi connectivity index (χ4v) is 3.12. The zero-order valence-electron chi connectivity index (χ0n) is 12.8. The molecule has 1 aromatic carbocycles. The van der Waals surface area contributed by atoms with Gasteiger partial charge in [0.2, 0.25) is 0 Å². The maximum atomic E-state index is 6.42. The van der Waals surface area contributed by atoms with E-state index in [1.807, 2.05) is 0 Å². The summed E-state index contributed by atoms with van der Waals surface area (Å²) >= 11 is 25.7. The van der Waals surface area contributed by atoms with E-state index in [0.29, 0.717) is 42.1 Å². The molecule has 0 amide bonds. The summed E-state index contributed by atoms with van der Waals surface area (Å²) in [5, 5.41) is 2.05. The zero-order valence-corrected chi connectivity index (χ0v) is 15.8. The highest BCUT2D eigenvalue weighted by Gasteiger charge is 2.26. The maximum absolute atomic E-state index is 6.42. The summed E-state index contributed by atoms with van der Waals surface area (Å²) < 4.78 is 1.39. The van der Waals surface area contributed by atoms with Crippen molar-refractivity contribution in [3.05, 3.63) is 31.2 Å². The number of nitrogens with zero attached hydrogens (tertiary/aromatic N) is 2. The van der Waals surface area contributed by atoms with Gasteiger partial charge in [-0.15, -0.1) is 0 Å². The molecule has 114 valence electrons. The van der Waals surface area contributed by atoms with Gasteiger partial charge in [-0.1, -0.05) is 46.4 Å². The van der Waals surface area contributed by atoms with Gasteiger partial charge >= 0.3 is 0 Å². The van der Waals surface area contributed by atoms with Crippen molar-refractivity contribution < 1.29 is 8.97 Å². The van der Waals surface area contributed by atoms with E-state index in [1.165, 1.54) is 0 Å². The third kappa shape index (κ3) is 4.66. The Morgan fingerprint density at radius 1 is 0.550 bits per heavy atom. The molecule has 0 fully saturated rings. The molecule has 0 aliphatic rings. The predicted molar refractivity (Wildman–Crippen MR) is 90.0 cm³/mol. The van der Waals surface area contributed by atoms with Crippen molar-refractivity contribution in [3.8, 4) is 0 Å². The Morgan fingerprint density at radius 3 is 0.900 bits per heavy atom. The second-order valence-corrected chi connectivity index (χ2v) is 8.62. The second kappa shape index (κ2) is 6.20. The van der Waals surface area contributed by atoms with Crippen molar-refractivity contribution in [2.24, 2.45) is 0 Å². The summed E-state index contributed by atoms with van der Waals surface area (Å²) in [5.74, 6) is 0. The SMILES string of the molecule is C[N+](C)(C)Cc1c(Cl)c(Cl)c(C[N+](C)(C)C)c(Cl)c1Cl. The minimum Gasteiger partial charge on any atom is -0.327 e. The first kappa shape index (κ1) is 18.3. The van der Waals surface area contributed by atoms with Gasteiger partial charge in [0.15, 0.2) is 0 Å². The van der Waals surface area contributed by atoms with Crippen LogP contribution in [-0.2, 0) is 13.1 Å². The molecule has 0 saturated carbocycles. The van der Waals surface area contributed by atoms with E-state index in [4.69, 9.17) is 46.4 Å². The average molecular weight is 360 g/mol. The highest BCUT2D eigenvalue weighted by atomic mass is 35.5. The summed E-state index contributed by atoms with van der Waals surface area (Å²) in [7, 11) is 12.4. The molecule has 6 heteroatoms. The third-order valence-electron chi connectivity index (χ3n) is 2.71. The molecule has 2 nitrogen and oxygen atoms in total. The first-order valence-corrected chi connectivity index (χ1v) is 7.79. The van der Waals surface area contributed by atoms with Gasteiger partial charge in [-0.05, 0) is 0 Å². The Bertz CT molecular complexity index is 437. The van der Waals surface area contributed by atoms with Crippen LogP contribution in [0.25, 0.3) is 0 Å². The van der Waals surface area contributed by atoms with Crippen LogP contribution in [-0.4, -0.2) is 51.3 Å². The molecule has 0 radical (unpaired) electrons. The van der Waals surface area contributed by atoms with Crippen LogP contribution in [0.15, 0.2) is 0 Å². The van der Waals surface area contributed by atoms with E-state index in [-0.39, 0.29) is 0 Å². The van der Waals surface area contributed by atoms with Gasteiger partial charge in [-0.2, -0.15) is 0 Å². The third-order valence-corrected chi connectivity index (χ3v) is 4.57. The van der Waals surface area contributed by atoms with Crippen LogP contribution in [0, 0.1) is 0 Å². The van der Waals surface area contributed by atoms with Gasteiger partial charge < -0.3 is 8.97 Å². The Labute approximate surface area is 142 Å². The molecular formula is C14H22Cl4N2+2. The van der Waals surface area contributed by atoms with Gasteiger partial charge in [-0.3, -0.25) is 0 Å². The van der Waals surface area contributed by atoms with Crippen LogP contribution < -0.4 is 0 Å². The first-order chi connectivity index (χ1) is 8.83. The van der Waals surface area contributed by atoms with Crippen molar-refractivity contribution in [3.63, 3.8) is 0 Å². The fraction of sp³-hybridized carbons (Fsp3) is 0.571. The topological polar surface area (TPSA) is 0 Å². The van der Waals surface area contributed by atoms with Gasteiger partial charge in [0.1, 0.15) is 13.1 Å². The molecule has 0 bridgehead atoms. The lowest BCUT2D eigenvalue weighted by atomic mass is 10.1. The van der Waals surface area contributed by atoms with E-state index >= 15 is 0 Å². The molecule has 0 saturated heterocycles. The number of quaternary nitrogens is 2. The second-order valence-electron chi connectivity index (χ2n) is 7.11. The summed E-state index contributed by atoms with van der Waals surface area (Å²) in [6, 6.07) is 0. The molecule has 0 heterocycles. The molecule has 0 N–H and O–H groups in total. The van der Waals surface area contributed by atoms with Gasteiger partial charge in [0.05, 0.1) is 62.4 Å². The van der Waals surface area contributed by atoms with E-state index < -0.39 is 0 Å². The highest BCUT2D eigenvalue weighted by molar-refractivity contribution is 6.48. The summed E-state index contributed by atoms with van der Waals surface area (Å²) in [4.78, 5) is 0. The van der Waals surface area contributed by atoms with Crippen molar-refractivity contribution in [2.75, 3.05) is 42.3 Å². The minimum absolute atomic E-state index is 0.512. The van der Waals surface area contributed by atoms with Crippen molar-refractivity contribution in [1.82, 2.24) is 0 Å². The first-order valence-electron chi connectivity index (χ1n) is 6.28. The molecule has 0 unspecified atom stereocenters. The lowest BCUT2D eigenvalue weighted by Gasteiger charge is -2.28. The molecule has 0 aliphatic heterocycles. The van der Waals surface area contributed by atoms with Crippen LogP contribution in [0.3, 0.4) is 0 Å². The quantitative estimate of drug-likeness (QED) is 0.539. The molecular weight excluding hydrogens is 338 g/mol. The largest absolute Gasteiger partial charge is 0.327 e. The van der Waals surface area contributed by atoms with Crippen LogP contribution >= 0.6 is 46.4 Å². The van der Waals surface area contributed by atoms with Gasteiger partial charge in [0, 0.05) is 11.1 Å². The Hall–Kier alpha value is 0.300. The van der Waals surface area contributed by atoms with Crippen molar-refractivity contribution >= 4 is 46.4 Å². The Kier molecular flexibility index (Phi) is 5.68. The molecule has 20 heavy (non-hydrogen) atoms. The smallest absolute Gasteiger partial charge is 0.107 e. The fourth-order valence-electron chi connectivity index (χ4n) is 1.95. The van der Waals surface area contributed by atoms with Gasteiger partial charge in [0.25, 0.3) is 0 Å². The summed E-state index contributed by atoms with van der Waals surface area (Å²) in [6.45, 7) is 1.34. The monoisotopic (exact) mass is 358 g/mol. The Balaban J connectivity index is 3.42. The van der Waals surface area contributed by atoms with E-state index in [9.17, 15) is 0 Å². The molecule has 0 atom stereocenters. The van der Waals surface area contributed by atoms with E-state index in [0.717, 1.165) is 11.1 Å². The van der Waals surface area contributed by atoms with E-state index in [2.05, 4.69) is 42.3 Å². The predicted octanol–water partition coefficient (Wildman–Crippen LogP) is 4.71. The number of halogens is 4. The number of hydrogen-bond donors (Lipinski definition) is 0. The van der Waals surface area contributed by atoms with E-state index in [1.54, 1.807) is 0 Å². The van der Waals surface area contributed by atoms with Crippen LogP contribution in [0.1, 0.15) is 11.1 Å². The minimum atomic E-state index is 0.512. The number of benzene rings is 1.